The minimum absolute atomic E-state index is 0.0628. The number of para-hydroxylation sites is 2. The van der Waals surface area contributed by atoms with Crippen LogP contribution in [-0.4, -0.2) is 60.0 Å². The second-order valence-corrected chi connectivity index (χ2v) is 9.06. The van der Waals surface area contributed by atoms with E-state index in [0.29, 0.717) is 37.1 Å². The molecule has 2 aliphatic heterocycles. The molecule has 1 amide bonds. The van der Waals surface area contributed by atoms with Crippen LogP contribution < -0.4 is 14.5 Å². The standard InChI is InChI=1S/C26H28ClN5O2/c27-22-10-4-5-11-23(22)30-15-17-31(18-16-30)26(33)20-7-6-14-32(19-20)24-25(29-13-12-28-24)34-21-8-2-1-3-9-21/h1-5,8-13,20H,6-7,14-19H2. The number of carbonyl (C=O) groups is 1. The lowest BCUT2D eigenvalue weighted by Gasteiger charge is -2.40. The largest absolute Gasteiger partial charge is 0.436 e. The second kappa shape index (κ2) is 10.3. The fourth-order valence-corrected chi connectivity index (χ4v) is 4.97. The maximum atomic E-state index is 13.4. The Balaban J connectivity index is 1.23. The molecule has 7 nitrogen and oxygen atoms in total. The number of rotatable bonds is 5. The fourth-order valence-electron chi connectivity index (χ4n) is 4.71. The number of hydrogen-bond acceptors (Lipinski definition) is 6. The SMILES string of the molecule is O=C(C1CCCN(c2nccnc2Oc2ccccc2)C1)N1CCN(c2ccccc2Cl)CC1. The lowest BCUT2D eigenvalue weighted by atomic mass is 9.96. The van der Waals surface area contributed by atoms with Gasteiger partial charge < -0.3 is 19.4 Å². The highest BCUT2D eigenvalue weighted by atomic mass is 35.5. The zero-order valence-electron chi connectivity index (χ0n) is 19.0. The van der Waals surface area contributed by atoms with Gasteiger partial charge in [0.25, 0.3) is 5.88 Å². The Hall–Kier alpha value is -3.32. The third-order valence-corrected chi connectivity index (χ3v) is 6.78. The molecule has 0 radical (unpaired) electrons. The van der Waals surface area contributed by atoms with Crippen molar-refractivity contribution in [2.45, 2.75) is 12.8 Å². The van der Waals surface area contributed by atoms with Crippen LogP contribution in [0.4, 0.5) is 11.5 Å². The van der Waals surface area contributed by atoms with Crippen LogP contribution >= 0.6 is 11.6 Å². The van der Waals surface area contributed by atoms with Crippen LogP contribution in [-0.2, 0) is 4.79 Å². The average Bonchev–Trinajstić information content (AvgIpc) is 2.90. The summed E-state index contributed by atoms with van der Waals surface area (Å²) in [5, 5.41) is 0.752. The molecule has 0 spiro atoms. The quantitative estimate of drug-likeness (QED) is 0.539. The molecule has 2 aromatic carbocycles. The highest BCUT2D eigenvalue weighted by Gasteiger charge is 2.33. The number of hydrogen-bond donors (Lipinski definition) is 0. The summed E-state index contributed by atoms with van der Waals surface area (Å²) in [7, 11) is 0. The second-order valence-electron chi connectivity index (χ2n) is 8.65. The molecule has 0 aliphatic carbocycles. The lowest BCUT2D eigenvalue weighted by molar-refractivity contribution is -0.136. The van der Waals surface area contributed by atoms with Gasteiger partial charge in [-0.1, -0.05) is 41.9 Å². The molecule has 34 heavy (non-hydrogen) atoms. The van der Waals surface area contributed by atoms with Gasteiger partial charge in [-0.2, -0.15) is 0 Å². The number of aromatic nitrogens is 2. The molecule has 3 aromatic rings. The molecule has 1 atom stereocenters. The molecule has 2 fully saturated rings. The molecule has 0 bridgehead atoms. The summed E-state index contributed by atoms with van der Waals surface area (Å²) >= 11 is 6.37. The van der Waals surface area contributed by atoms with Crippen molar-refractivity contribution >= 4 is 29.0 Å². The van der Waals surface area contributed by atoms with Crippen molar-refractivity contribution in [1.82, 2.24) is 14.9 Å². The number of anilines is 2. The first-order chi connectivity index (χ1) is 16.7. The Kier molecular flexibility index (Phi) is 6.81. The molecule has 3 heterocycles. The normalized spacial score (nSPS) is 18.6. The Morgan fingerprint density at radius 2 is 1.62 bits per heavy atom. The minimum atomic E-state index is -0.0628. The molecule has 0 saturated carbocycles. The zero-order valence-corrected chi connectivity index (χ0v) is 19.8. The topological polar surface area (TPSA) is 61.8 Å². The van der Waals surface area contributed by atoms with Gasteiger partial charge in [-0.05, 0) is 37.1 Å². The van der Waals surface area contributed by atoms with Gasteiger partial charge in [0.05, 0.1) is 16.6 Å². The first-order valence-corrected chi connectivity index (χ1v) is 12.1. The maximum absolute atomic E-state index is 13.4. The predicted octanol–water partition coefficient (Wildman–Crippen LogP) is 4.49. The van der Waals surface area contributed by atoms with Gasteiger partial charge in [0, 0.05) is 51.7 Å². The van der Waals surface area contributed by atoms with Crippen LogP contribution in [0.5, 0.6) is 11.6 Å². The molecule has 2 aliphatic rings. The molecule has 5 rings (SSSR count). The van der Waals surface area contributed by atoms with Crippen molar-refractivity contribution in [3.8, 4) is 11.6 Å². The Labute approximate surface area is 204 Å². The van der Waals surface area contributed by atoms with Gasteiger partial charge >= 0.3 is 0 Å². The van der Waals surface area contributed by atoms with Crippen molar-refractivity contribution in [3.05, 3.63) is 72.0 Å². The van der Waals surface area contributed by atoms with Gasteiger partial charge in [0.1, 0.15) is 5.75 Å². The van der Waals surface area contributed by atoms with Crippen molar-refractivity contribution in [1.29, 1.82) is 0 Å². The number of benzene rings is 2. The van der Waals surface area contributed by atoms with E-state index >= 15 is 0 Å². The van der Waals surface area contributed by atoms with Gasteiger partial charge in [0.15, 0.2) is 5.82 Å². The summed E-state index contributed by atoms with van der Waals surface area (Å²) in [6.07, 6.45) is 5.12. The van der Waals surface area contributed by atoms with Crippen LogP contribution in [0.3, 0.4) is 0 Å². The molecule has 1 aromatic heterocycles. The maximum Gasteiger partial charge on any atom is 0.263 e. The summed E-state index contributed by atoms with van der Waals surface area (Å²) in [5.74, 6) is 2.03. The monoisotopic (exact) mass is 477 g/mol. The summed E-state index contributed by atoms with van der Waals surface area (Å²) in [6, 6.07) is 17.5. The van der Waals surface area contributed by atoms with Crippen molar-refractivity contribution in [2.75, 3.05) is 49.1 Å². The molecule has 0 N–H and O–H groups in total. The van der Waals surface area contributed by atoms with Gasteiger partial charge in [-0.25, -0.2) is 9.97 Å². The predicted molar refractivity (Wildman–Crippen MR) is 134 cm³/mol. The van der Waals surface area contributed by atoms with E-state index in [9.17, 15) is 4.79 Å². The average molecular weight is 478 g/mol. The van der Waals surface area contributed by atoms with E-state index in [4.69, 9.17) is 16.3 Å². The highest BCUT2D eigenvalue weighted by molar-refractivity contribution is 6.33. The van der Waals surface area contributed by atoms with Crippen molar-refractivity contribution < 1.29 is 9.53 Å². The van der Waals surface area contributed by atoms with Crippen LogP contribution in [0, 0.1) is 5.92 Å². The summed E-state index contributed by atoms with van der Waals surface area (Å²) in [5.41, 5.74) is 1.04. The Morgan fingerprint density at radius 3 is 2.41 bits per heavy atom. The number of nitrogens with zero attached hydrogens (tertiary/aromatic N) is 5. The first kappa shape index (κ1) is 22.5. The number of piperazine rings is 1. The summed E-state index contributed by atoms with van der Waals surface area (Å²) < 4.78 is 6.01. The van der Waals surface area contributed by atoms with Gasteiger partial charge in [-0.3, -0.25) is 4.79 Å². The van der Waals surface area contributed by atoms with Gasteiger partial charge in [0.2, 0.25) is 5.91 Å². The lowest BCUT2D eigenvalue weighted by Crippen LogP contribution is -2.52. The minimum Gasteiger partial charge on any atom is -0.436 e. The van der Waals surface area contributed by atoms with E-state index < -0.39 is 0 Å². The molecular weight excluding hydrogens is 450 g/mol. The third kappa shape index (κ3) is 4.94. The smallest absolute Gasteiger partial charge is 0.263 e. The molecule has 8 heteroatoms. The first-order valence-electron chi connectivity index (χ1n) is 11.8. The zero-order chi connectivity index (χ0) is 23.3. The highest BCUT2D eigenvalue weighted by Crippen LogP contribution is 2.32. The number of piperidine rings is 1. The van der Waals surface area contributed by atoms with Crippen LogP contribution in [0.25, 0.3) is 0 Å². The van der Waals surface area contributed by atoms with E-state index in [0.717, 1.165) is 43.2 Å². The number of ether oxygens (including phenoxy) is 1. The van der Waals surface area contributed by atoms with E-state index in [1.807, 2.05) is 59.5 Å². The van der Waals surface area contributed by atoms with Crippen LogP contribution in [0.15, 0.2) is 67.0 Å². The summed E-state index contributed by atoms with van der Waals surface area (Å²) in [4.78, 5) is 28.8. The van der Waals surface area contributed by atoms with E-state index in [2.05, 4.69) is 19.8 Å². The Bertz CT molecular complexity index is 1120. The third-order valence-electron chi connectivity index (χ3n) is 6.46. The van der Waals surface area contributed by atoms with Crippen molar-refractivity contribution in [3.63, 3.8) is 0 Å². The van der Waals surface area contributed by atoms with E-state index in [1.54, 1.807) is 12.4 Å². The number of amides is 1. The van der Waals surface area contributed by atoms with E-state index in [1.165, 1.54) is 0 Å². The molecule has 2 saturated heterocycles. The van der Waals surface area contributed by atoms with Gasteiger partial charge in [-0.15, -0.1) is 0 Å². The number of halogens is 1. The molecule has 176 valence electrons. The Morgan fingerprint density at radius 1 is 0.882 bits per heavy atom. The molecular formula is C26H28ClN5O2. The molecule has 1 unspecified atom stereocenters. The van der Waals surface area contributed by atoms with Crippen LogP contribution in [0.2, 0.25) is 5.02 Å². The number of carbonyl (C=O) groups excluding carboxylic acids is 1. The van der Waals surface area contributed by atoms with Crippen LogP contribution in [0.1, 0.15) is 12.8 Å². The summed E-state index contributed by atoms with van der Waals surface area (Å²) in [6.45, 7) is 4.42. The van der Waals surface area contributed by atoms with E-state index in [-0.39, 0.29) is 11.8 Å². The fraction of sp³-hybridized carbons (Fsp3) is 0.346. The van der Waals surface area contributed by atoms with Crippen molar-refractivity contribution in [2.24, 2.45) is 5.92 Å².